The molecule has 1 atom stereocenters. The van der Waals surface area contributed by atoms with E-state index in [4.69, 9.17) is 15.5 Å². The van der Waals surface area contributed by atoms with E-state index in [1.54, 1.807) is 11.8 Å². The Bertz CT molecular complexity index is 905. The van der Waals surface area contributed by atoms with Crippen molar-refractivity contribution in [2.75, 3.05) is 42.9 Å². The predicted molar refractivity (Wildman–Crippen MR) is 128 cm³/mol. The molecule has 2 fully saturated rings. The third-order valence-electron chi connectivity index (χ3n) is 5.21. The van der Waals surface area contributed by atoms with Crippen LogP contribution in [0.15, 0.2) is 23.2 Å². The van der Waals surface area contributed by atoms with Gasteiger partial charge in [-0.1, -0.05) is 6.08 Å². The summed E-state index contributed by atoms with van der Waals surface area (Å²) >= 11 is 1.75. The minimum absolute atomic E-state index is 0.245. The molecule has 3 N–H and O–H groups in total. The summed E-state index contributed by atoms with van der Waals surface area (Å²) in [4.78, 5) is 19.1. The molecule has 1 saturated carbocycles. The van der Waals surface area contributed by atoms with Crippen LogP contribution in [0.25, 0.3) is 5.57 Å². The fraction of sp³-hybridized carbons (Fsp3) is 0.500. The number of allylic oxidation sites excluding steroid dienone is 1. The number of anilines is 2. The van der Waals surface area contributed by atoms with Gasteiger partial charge in [0.1, 0.15) is 17.5 Å². The van der Waals surface area contributed by atoms with Gasteiger partial charge in [0.25, 0.3) is 0 Å². The molecule has 162 valence electrons. The van der Waals surface area contributed by atoms with Gasteiger partial charge in [-0.15, -0.1) is 0 Å². The normalized spacial score (nSPS) is 19.3. The summed E-state index contributed by atoms with van der Waals surface area (Å²) in [6, 6.07) is 4.23. The van der Waals surface area contributed by atoms with Gasteiger partial charge in [-0.25, -0.2) is 15.0 Å². The SMILES string of the molecule is C=Nc1[nH]c(C2CC2)cc1/C(=C\C)c1nc(N)cc(N2CCOCC2C)n1.CSC. The number of nitrogens with two attached hydrogens (primary N) is 1. The van der Waals surface area contributed by atoms with Gasteiger partial charge in [-0.3, -0.25) is 0 Å². The van der Waals surface area contributed by atoms with Crippen LogP contribution in [0.5, 0.6) is 0 Å². The van der Waals surface area contributed by atoms with Crippen molar-refractivity contribution >= 4 is 41.5 Å². The average molecular weight is 429 g/mol. The monoisotopic (exact) mass is 428 g/mol. The number of hydrogen-bond acceptors (Lipinski definition) is 7. The van der Waals surface area contributed by atoms with Gasteiger partial charge in [0.2, 0.25) is 0 Å². The van der Waals surface area contributed by atoms with Crippen LogP contribution in [0.1, 0.15) is 49.7 Å². The fourth-order valence-corrected chi connectivity index (χ4v) is 3.60. The Morgan fingerprint density at radius 2 is 2.10 bits per heavy atom. The maximum absolute atomic E-state index is 6.14. The molecule has 3 heterocycles. The molecule has 4 rings (SSSR count). The number of thioether (sulfide) groups is 1. The molecule has 2 aromatic heterocycles. The van der Waals surface area contributed by atoms with Crippen molar-refractivity contribution in [1.29, 1.82) is 0 Å². The number of ether oxygens (including phenoxy) is 1. The molecule has 7 nitrogen and oxygen atoms in total. The topological polar surface area (TPSA) is 92.4 Å². The molecule has 1 aliphatic heterocycles. The first-order chi connectivity index (χ1) is 14.5. The number of aromatic nitrogens is 3. The molecular formula is C22H32N6OS. The third-order valence-corrected chi connectivity index (χ3v) is 5.21. The van der Waals surface area contributed by atoms with Gasteiger partial charge in [-0.2, -0.15) is 11.8 Å². The van der Waals surface area contributed by atoms with Gasteiger partial charge in [0.15, 0.2) is 5.82 Å². The summed E-state index contributed by atoms with van der Waals surface area (Å²) in [5, 5.41) is 0. The lowest BCUT2D eigenvalue weighted by Gasteiger charge is -2.34. The highest BCUT2D eigenvalue weighted by molar-refractivity contribution is 7.97. The van der Waals surface area contributed by atoms with Gasteiger partial charge in [-0.05, 0) is 57.9 Å². The van der Waals surface area contributed by atoms with E-state index in [9.17, 15) is 0 Å². The molecule has 0 amide bonds. The zero-order valence-electron chi connectivity index (χ0n) is 18.3. The second-order valence-electron chi connectivity index (χ2n) is 7.62. The quantitative estimate of drug-likeness (QED) is 0.692. The maximum atomic E-state index is 6.14. The van der Waals surface area contributed by atoms with E-state index in [0.29, 0.717) is 30.8 Å². The van der Waals surface area contributed by atoms with E-state index >= 15 is 0 Å². The standard InChI is InChI=1S/C20H26N6O.C2H6S/c1-4-14(15-9-16(13-5-6-13)23-19(15)22-3)20-24-17(21)10-18(25-20)26-7-8-27-11-12(26)2;1-3-2/h4,9-10,12-13,23H,3,5-8,11H2,1-2H3,(H2,21,24,25);1-2H3/b14-4+;. The molecule has 0 aromatic carbocycles. The van der Waals surface area contributed by atoms with Crippen molar-refractivity contribution < 1.29 is 4.74 Å². The van der Waals surface area contributed by atoms with E-state index in [0.717, 1.165) is 29.3 Å². The number of aliphatic imine (C=N–C) groups is 1. The van der Waals surface area contributed by atoms with E-state index in [1.807, 2.05) is 31.6 Å². The second-order valence-corrected chi connectivity index (χ2v) is 8.44. The fourth-order valence-electron chi connectivity index (χ4n) is 3.60. The van der Waals surface area contributed by atoms with Crippen LogP contribution in [-0.2, 0) is 4.74 Å². The van der Waals surface area contributed by atoms with Gasteiger partial charge >= 0.3 is 0 Å². The van der Waals surface area contributed by atoms with Crippen LogP contribution in [0.3, 0.4) is 0 Å². The van der Waals surface area contributed by atoms with Crippen LogP contribution < -0.4 is 10.6 Å². The van der Waals surface area contributed by atoms with E-state index in [2.05, 4.69) is 39.6 Å². The Morgan fingerprint density at radius 1 is 1.37 bits per heavy atom. The lowest BCUT2D eigenvalue weighted by molar-refractivity contribution is 0.0985. The third kappa shape index (κ3) is 5.05. The number of H-pyrrole nitrogens is 1. The zero-order chi connectivity index (χ0) is 21.7. The number of nitrogens with one attached hydrogen (secondary N) is 1. The molecule has 0 spiro atoms. The van der Waals surface area contributed by atoms with Gasteiger partial charge in [0, 0.05) is 29.4 Å². The first-order valence-electron chi connectivity index (χ1n) is 10.3. The number of hydrogen-bond donors (Lipinski definition) is 2. The van der Waals surface area contributed by atoms with Crippen molar-refractivity contribution in [1.82, 2.24) is 15.0 Å². The highest BCUT2D eigenvalue weighted by Gasteiger charge is 2.28. The number of aromatic amines is 1. The highest BCUT2D eigenvalue weighted by Crippen LogP contribution is 2.43. The van der Waals surface area contributed by atoms with E-state index in [-0.39, 0.29) is 6.04 Å². The Labute approximate surface area is 183 Å². The first kappa shape index (κ1) is 22.4. The molecule has 30 heavy (non-hydrogen) atoms. The lowest BCUT2D eigenvalue weighted by Crippen LogP contribution is -2.44. The number of rotatable bonds is 5. The van der Waals surface area contributed by atoms with Crippen LogP contribution in [0, 0.1) is 0 Å². The predicted octanol–water partition coefficient (Wildman–Crippen LogP) is 4.25. The summed E-state index contributed by atoms with van der Waals surface area (Å²) in [5.41, 5.74) is 9.23. The zero-order valence-corrected chi connectivity index (χ0v) is 19.1. The van der Waals surface area contributed by atoms with Crippen LogP contribution >= 0.6 is 11.8 Å². The summed E-state index contributed by atoms with van der Waals surface area (Å²) < 4.78 is 5.54. The maximum Gasteiger partial charge on any atom is 0.164 e. The lowest BCUT2D eigenvalue weighted by atomic mass is 10.1. The minimum Gasteiger partial charge on any atom is -0.384 e. The molecule has 2 aromatic rings. The molecule has 1 aliphatic carbocycles. The average Bonchev–Trinajstić information content (AvgIpc) is 3.49. The summed E-state index contributed by atoms with van der Waals surface area (Å²) in [6.45, 7) is 9.99. The summed E-state index contributed by atoms with van der Waals surface area (Å²) in [5.74, 6) is 3.26. The molecule has 1 saturated heterocycles. The van der Waals surface area contributed by atoms with Gasteiger partial charge < -0.3 is 20.4 Å². The number of nitrogens with zero attached hydrogens (tertiary/aromatic N) is 4. The summed E-state index contributed by atoms with van der Waals surface area (Å²) in [7, 11) is 0. The molecule has 0 radical (unpaired) electrons. The van der Waals surface area contributed by atoms with Crippen LogP contribution in [0.2, 0.25) is 0 Å². The van der Waals surface area contributed by atoms with Crippen molar-refractivity contribution in [2.45, 2.75) is 38.6 Å². The largest absolute Gasteiger partial charge is 0.384 e. The number of nitrogen functional groups attached to an aromatic ring is 1. The Balaban J connectivity index is 0.000000806. The Morgan fingerprint density at radius 3 is 2.70 bits per heavy atom. The number of morpholine rings is 1. The smallest absolute Gasteiger partial charge is 0.164 e. The van der Waals surface area contributed by atoms with Crippen LogP contribution in [0.4, 0.5) is 17.5 Å². The molecule has 2 aliphatic rings. The summed E-state index contributed by atoms with van der Waals surface area (Å²) in [6.07, 6.45) is 8.53. The van der Waals surface area contributed by atoms with Crippen molar-refractivity contribution in [3.63, 3.8) is 0 Å². The molecule has 1 unspecified atom stereocenters. The minimum atomic E-state index is 0.245. The van der Waals surface area contributed by atoms with E-state index < -0.39 is 0 Å². The Kier molecular flexibility index (Phi) is 7.55. The van der Waals surface area contributed by atoms with Crippen molar-refractivity contribution in [3.05, 3.63) is 35.3 Å². The molecule has 0 bridgehead atoms. The van der Waals surface area contributed by atoms with Crippen LogP contribution in [-0.4, -0.2) is 60.0 Å². The van der Waals surface area contributed by atoms with Crippen molar-refractivity contribution in [3.8, 4) is 0 Å². The highest BCUT2D eigenvalue weighted by atomic mass is 32.2. The second kappa shape index (κ2) is 10.1. The molecular weight excluding hydrogens is 396 g/mol. The van der Waals surface area contributed by atoms with Crippen molar-refractivity contribution in [2.24, 2.45) is 4.99 Å². The van der Waals surface area contributed by atoms with Gasteiger partial charge in [0.05, 0.1) is 19.3 Å². The Hall–Kier alpha value is -2.32. The molecule has 8 heteroatoms. The first-order valence-corrected chi connectivity index (χ1v) is 11.9. The van der Waals surface area contributed by atoms with E-state index in [1.165, 1.54) is 18.5 Å².